The van der Waals surface area contributed by atoms with Crippen molar-refractivity contribution in [1.29, 1.82) is 0 Å². The fourth-order valence-corrected chi connectivity index (χ4v) is 2.19. The summed E-state index contributed by atoms with van der Waals surface area (Å²) in [6.45, 7) is 5.33. The third-order valence-corrected chi connectivity index (χ3v) is 3.56. The molecule has 2 rings (SSSR count). The molecule has 1 unspecified atom stereocenters. The molecule has 0 saturated carbocycles. The predicted molar refractivity (Wildman–Crippen MR) is 74.9 cm³/mol. The van der Waals surface area contributed by atoms with Gasteiger partial charge in [0.2, 0.25) is 0 Å². The van der Waals surface area contributed by atoms with Gasteiger partial charge in [-0.05, 0) is 18.1 Å². The lowest BCUT2D eigenvalue weighted by molar-refractivity contribution is 0.193. The Kier molecular flexibility index (Phi) is 3.92. The Labute approximate surface area is 108 Å². The fourth-order valence-electron chi connectivity index (χ4n) is 2.19. The first-order chi connectivity index (χ1) is 8.63. The summed E-state index contributed by atoms with van der Waals surface area (Å²) in [5.74, 6) is 0.749. The highest BCUT2D eigenvalue weighted by atomic mass is 16.3. The molecule has 1 N–H and O–H groups in total. The molecule has 0 bridgehead atoms. The van der Waals surface area contributed by atoms with Crippen molar-refractivity contribution in [2.45, 2.75) is 13.8 Å². The molecular formula is C15H21NO2. The number of benzene rings is 1. The van der Waals surface area contributed by atoms with Crippen LogP contribution in [-0.4, -0.2) is 25.3 Å². The SMILES string of the molecule is CC(C)C(CO)CN(C)c1coc2ccccc12. The molecule has 0 fully saturated rings. The van der Waals surface area contributed by atoms with E-state index in [1.165, 1.54) is 0 Å². The summed E-state index contributed by atoms with van der Waals surface area (Å²) in [4.78, 5) is 2.16. The minimum atomic E-state index is 0.220. The molecule has 0 radical (unpaired) electrons. The Morgan fingerprint density at radius 1 is 1.28 bits per heavy atom. The van der Waals surface area contributed by atoms with E-state index < -0.39 is 0 Å². The van der Waals surface area contributed by atoms with Crippen LogP contribution >= 0.6 is 0 Å². The molecule has 0 saturated heterocycles. The van der Waals surface area contributed by atoms with E-state index in [0.29, 0.717) is 5.92 Å². The number of para-hydroxylation sites is 1. The molecule has 1 heterocycles. The van der Waals surface area contributed by atoms with E-state index in [2.05, 4.69) is 24.8 Å². The molecule has 0 aliphatic rings. The zero-order valence-electron chi connectivity index (χ0n) is 11.3. The zero-order valence-corrected chi connectivity index (χ0v) is 11.3. The highest BCUT2D eigenvalue weighted by molar-refractivity contribution is 5.90. The van der Waals surface area contributed by atoms with Crippen molar-refractivity contribution in [1.82, 2.24) is 0 Å². The van der Waals surface area contributed by atoms with Crippen molar-refractivity contribution in [3.63, 3.8) is 0 Å². The van der Waals surface area contributed by atoms with E-state index in [0.717, 1.165) is 23.2 Å². The molecule has 1 aromatic carbocycles. The highest BCUT2D eigenvalue weighted by Gasteiger charge is 2.17. The second-order valence-corrected chi connectivity index (χ2v) is 5.18. The van der Waals surface area contributed by atoms with Gasteiger partial charge in [-0.1, -0.05) is 26.0 Å². The van der Waals surface area contributed by atoms with E-state index >= 15 is 0 Å². The Morgan fingerprint density at radius 2 is 2.00 bits per heavy atom. The lowest BCUT2D eigenvalue weighted by Crippen LogP contribution is -2.30. The molecule has 0 aliphatic heterocycles. The van der Waals surface area contributed by atoms with Crippen molar-refractivity contribution in [2.24, 2.45) is 11.8 Å². The second-order valence-electron chi connectivity index (χ2n) is 5.18. The summed E-state index contributed by atoms with van der Waals surface area (Å²) in [5.41, 5.74) is 1.99. The Hall–Kier alpha value is -1.48. The van der Waals surface area contributed by atoms with Crippen LogP contribution in [0.3, 0.4) is 0 Å². The monoisotopic (exact) mass is 247 g/mol. The maximum atomic E-state index is 9.41. The first-order valence-electron chi connectivity index (χ1n) is 6.41. The van der Waals surface area contributed by atoms with Gasteiger partial charge in [0.15, 0.2) is 0 Å². The molecule has 3 heteroatoms. The summed E-state index contributed by atoms with van der Waals surface area (Å²) in [7, 11) is 2.04. The maximum absolute atomic E-state index is 9.41. The smallest absolute Gasteiger partial charge is 0.136 e. The topological polar surface area (TPSA) is 36.6 Å². The van der Waals surface area contributed by atoms with Crippen molar-refractivity contribution in [3.05, 3.63) is 30.5 Å². The van der Waals surface area contributed by atoms with Crippen LogP contribution in [0.4, 0.5) is 5.69 Å². The van der Waals surface area contributed by atoms with Crippen LogP contribution in [0.25, 0.3) is 11.0 Å². The molecule has 3 nitrogen and oxygen atoms in total. The van der Waals surface area contributed by atoms with E-state index in [1.807, 2.05) is 25.2 Å². The lowest BCUT2D eigenvalue weighted by atomic mass is 9.96. The number of rotatable bonds is 5. The molecule has 98 valence electrons. The fraction of sp³-hybridized carbons (Fsp3) is 0.467. The highest BCUT2D eigenvalue weighted by Crippen LogP contribution is 2.29. The van der Waals surface area contributed by atoms with Crippen molar-refractivity contribution in [3.8, 4) is 0 Å². The normalized spacial score (nSPS) is 13.2. The molecular weight excluding hydrogens is 226 g/mol. The van der Waals surface area contributed by atoms with Gasteiger partial charge in [-0.2, -0.15) is 0 Å². The number of aliphatic hydroxyl groups excluding tert-OH is 1. The average Bonchev–Trinajstić information content (AvgIpc) is 2.79. The van der Waals surface area contributed by atoms with Crippen LogP contribution < -0.4 is 4.90 Å². The quantitative estimate of drug-likeness (QED) is 0.882. The number of nitrogens with zero attached hydrogens (tertiary/aromatic N) is 1. The third kappa shape index (κ3) is 2.51. The third-order valence-electron chi connectivity index (χ3n) is 3.56. The van der Waals surface area contributed by atoms with Crippen LogP contribution in [0, 0.1) is 11.8 Å². The van der Waals surface area contributed by atoms with Crippen LogP contribution in [0.1, 0.15) is 13.8 Å². The van der Waals surface area contributed by atoms with Gasteiger partial charge in [0.25, 0.3) is 0 Å². The summed E-state index contributed by atoms with van der Waals surface area (Å²) < 4.78 is 5.54. The first kappa shape index (κ1) is 13.0. The summed E-state index contributed by atoms with van der Waals surface area (Å²) >= 11 is 0. The molecule has 2 aromatic rings. The maximum Gasteiger partial charge on any atom is 0.136 e. The summed E-state index contributed by atoms with van der Waals surface area (Å²) in [6.07, 6.45) is 1.79. The number of hydrogen-bond donors (Lipinski definition) is 1. The van der Waals surface area contributed by atoms with Crippen LogP contribution in [0.15, 0.2) is 34.9 Å². The molecule has 18 heavy (non-hydrogen) atoms. The van der Waals surface area contributed by atoms with E-state index in [1.54, 1.807) is 6.26 Å². The Bertz CT molecular complexity index is 504. The van der Waals surface area contributed by atoms with Crippen LogP contribution in [0.5, 0.6) is 0 Å². The van der Waals surface area contributed by atoms with Crippen LogP contribution in [0.2, 0.25) is 0 Å². The van der Waals surface area contributed by atoms with Gasteiger partial charge in [-0.3, -0.25) is 0 Å². The number of anilines is 1. The molecule has 1 aromatic heterocycles. The van der Waals surface area contributed by atoms with Gasteiger partial charge in [0.05, 0.1) is 5.69 Å². The van der Waals surface area contributed by atoms with Gasteiger partial charge in [-0.25, -0.2) is 0 Å². The molecule has 0 amide bonds. The summed E-state index contributed by atoms with van der Waals surface area (Å²) in [5, 5.41) is 10.5. The lowest BCUT2D eigenvalue weighted by Gasteiger charge is -2.26. The van der Waals surface area contributed by atoms with Crippen molar-refractivity contribution in [2.75, 3.05) is 25.1 Å². The van der Waals surface area contributed by atoms with Crippen molar-refractivity contribution >= 4 is 16.7 Å². The van der Waals surface area contributed by atoms with E-state index in [-0.39, 0.29) is 12.5 Å². The van der Waals surface area contributed by atoms with Gasteiger partial charge < -0.3 is 14.4 Å². The molecule has 0 spiro atoms. The zero-order chi connectivity index (χ0) is 13.1. The average molecular weight is 247 g/mol. The van der Waals surface area contributed by atoms with Gasteiger partial charge in [0, 0.05) is 31.5 Å². The van der Waals surface area contributed by atoms with Gasteiger partial charge >= 0.3 is 0 Å². The molecule has 1 atom stereocenters. The number of hydrogen-bond acceptors (Lipinski definition) is 3. The molecule has 0 aliphatic carbocycles. The Morgan fingerprint density at radius 3 is 2.67 bits per heavy atom. The first-order valence-corrected chi connectivity index (χ1v) is 6.41. The van der Waals surface area contributed by atoms with Gasteiger partial charge in [-0.15, -0.1) is 0 Å². The largest absolute Gasteiger partial charge is 0.462 e. The standard InChI is InChI=1S/C15H21NO2/c1-11(2)12(9-17)8-16(3)14-10-18-15-7-5-4-6-13(14)15/h4-7,10-12,17H,8-9H2,1-3H3. The minimum absolute atomic E-state index is 0.220. The number of furan rings is 1. The van der Waals surface area contributed by atoms with Gasteiger partial charge in [0.1, 0.15) is 11.8 Å². The van der Waals surface area contributed by atoms with E-state index in [9.17, 15) is 5.11 Å². The predicted octanol–water partition coefficient (Wildman–Crippen LogP) is 3.13. The van der Waals surface area contributed by atoms with Crippen LogP contribution in [-0.2, 0) is 0 Å². The number of aliphatic hydroxyl groups is 1. The minimum Gasteiger partial charge on any atom is -0.462 e. The Balaban J connectivity index is 2.20. The second kappa shape index (κ2) is 5.44. The van der Waals surface area contributed by atoms with E-state index in [4.69, 9.17) is 4.42 Å². The summed E-state index contributed by atoms with van der Waals surface area (Å²) in [6, 6.07) is 8.02. The number of fused-ring (bicyclic) bond motifs is 1. The van der Waals surface area contributed by atoms with Crippen molar-refractivity contribution < 1.29 is 9.52 Å².